The molecule has 0 amide bonds. The molecule has 1 atom stereocenters. The Bertz CT molecular complexity index is 489. The molecule has 1 fully saturated rings. The van der Waals surface area contributed by atoms with Gasteiger partial charge in [0.15, 0.2) is 0 Å². The van der Waals surface area contributed by atoms with Gasteiger partial charge in [-0.25, -0.2) is 0 Å². The van der Waals surface area contributed by atoms with Gasteiger partial charge in [-0.1, -0.05) is 37.0 Å². The predicted octanol–water partition coefficient (Wildman–Crippen LogP) is 5.11. The van der Waals surface area contributed by atoms with Crippen LogP contribution in [0.25, 0.3) is 0 Å². The van der Waals surface area contributed by atoms with Crippen molar-refractivity contribution in [2.75, 3.05) is 18.0 Å². The van der Waals surface area contributed by atoms with Crippen LogP contribution in [0, 0.1) is 0 Å². The van der Waals surface area contributed by atoms with Crippen LogP contribution in [0.2, 0.25) is 10.0 Å². The van der Waals surface area contributed by atoms with Crippen molar-refractivity contribution in [3.05, 3.63) is 26.7 Å². The van der Waals surface area contributed by atoms with Crippen LogP contribution in [0.5, 0.6) is 0 Å². The second-order valence-corrected chi connectivity index (χ2v) is 7.15. The van der Waals surface area contributed by atoms with Crippen molar-refractivity contribution in [2.24, 2.45) is 0 Å². The normalized spacial score (nSPS) is 22.1. The summed E-state index contributed by atoms with van der Waals surface area (Å²) in [4.78, 5) is 2.38. The molecule has 1 aliphatic rings. The Morgan fingerprint density at radius 1 is 1.30 bits per heavy atom. The molecule has 20 heavy (non-hydrogen) atoms. The van der Waals surface area contributed by atoms with Crippen LogP contribution in [-0.2, 0) is 0 Å². The first kappa shape index (κ1) is 16.4. The number of nitrogens with zero attached hydrogens (tertiary/aromatic N) is 1. The zero-order chi connectivity index (χ0) is 14.9. The maximum atomic E-state index is 6.45. The highest BCUT2D eigenvalue weighted by Crippen LogP contribution is 2.40. The lowest BCUT2D eigenvalue weighted by Crippen LogP contribution is -2.63. The Kier molecular flexibility index (Phi) is 5.28. The summed E-state index contributed by atoms with van der Waals surface area (Å²) in [6.07, 6.45) is 2.21. The molecule has 1 aliphatic heterocycles. The van der Waals surface area contributed by atoms with E-state index in [0.29, 0.717) is 16.1 Å². The van der Waals surface area contributed by atoms with Gasteiger partial charge in [-0.05, 0) is 47.8 Å². The number of hydrogen-bond acceptors (Lipinski definition) is 2. The molecule has 0 aliphatic carbocycles. The first-order valence-corrected chi connectivity index (χ1v) is 8.64. The zero-order valence-corrected chi connectivity index (χ0v) is 15.2. The second-order valence-electron chi connectivity index (χ2n) is 5.54. The third-order valence-electron chi connectivity index (χ3n) is 4.46. The van der Waals surface area contributed by atoms with Gasteiger partial charge in [0.05, 0.1) is 15.7 Å². The van der Waals surface area contributed by atoms with E-state index in [1.165, 1.54) is 0 Å². The van der Waals surface area contributed by atoms with Crippen LogP contribution >= 0.6 is 39.1 Å². The van der Waals surface area contributed by atoms with Crippen molar-refractivity contribution in [3.8, 4) is 0 Å². The number of nitrogens with one attached hydrogen (secondary N) is 1. The molecule has 0 saturated carbocycles. The van der Waals surface area contributed by atoms with Crippen LogP contribution < -0.4 is 10.2 Å². The largest absolute Gasteiger partial charge is 0.364 e. The molecule has 1 aromatic carbocycles. The first-order valence-electron chi connectivity index (χ1n) is 7.09. The fraction of sp³-hybridized carbons (Fsp3) is 0.600. The van der Waals surface area contributed by atoms with Crippen LogP contribution in [0.3, 0.4) is 0 Å². The number of piperazine rings is 1. The molecular weight excluding hydrogens is 359 g/mol. The molecule has 2 rings (SSSR count). The molecule has 0 spiro atoms. The third-order valence-corrected chi connectivity index (χ3v) is 6.22. The van der Waals surface area contributed by atoms with E-state index in [4.69, 9.17) is 23.2 Å². The lowest BCUT2D eigenvalue weighted by atomic mass is 9.88. The van der Waals surface area contributed by atoms with Crippen molar-refractivity contribution >= 4 is 44.8 Å². The monoisotopic (exact) mass is 378 g/mol. The molecule has 0 aromatic heterocycles. The second kappa shape index (κ2) is 6.43. The summed E-state index contributed by atoms with van der Waals surface area (Å²) < 4.78 is 0.841. The van der Waals surface area contributed by atoms with E-state index in [0.717, 1.165) is 36.1 Å². The minimum Gasteiger partial charge on any atom is -0.364 e. The van der Waals surface area contributed by atoms with Crippen LogP contribution in [-0.4, -0.2) is 24.7 Å². The summed E-state index contributed by atoms with van der Waals surface area (Å²) in [7, 11) is 0. The van der Waals surface area contributed by atoms with E-state index in [9.17, 15) is 0 Å². The maximum Gasteiger partial charge on any atom is 0.0837 e. The molecule has 2 nitrogen and oxygen atoms in total. The van der Waals surface area contributed by atoms with Gasteiger partial charge < -0.3 is 10.2 Å². The molecule has 1 aromatic rings. The minimum atomic E-state index is 0.162. The molecule has 0 bridgehead atoms. The average Bonchev–Trinajstić information content (AvgIpc) is 2.47. The molecule has 5 heteroatoms. The molecule has 112 valence electrons. The van der Waals surface area contributed by atoms with Gasteiger partial charge in [-0.15, -0.1) is 0 Å². The highest BCUT2D eigenvalue weighted by atomic mass is 79.9. The SMILES string of the molecule is CCC1(CC)CN(c2ccc(Br)c(Cl)c2Cl)C(C)CN1. The van der Waals surface area contributed by atoms with Crippen molar-refractivity contribution in [2.45, 2.75) is 45.2 Å². The summed E-state index contributed by atoms with van der Waals surface area (Å²) in [6.45, 7) is 8.61. The van der Waals surface area contributed by atoms with E-state index in [2.05, 4.69) is 53.0 Å². The van der Waals surface area contributed by atoms with E-state index >= 15 is 0 Å². The van der Waals surface area contributed by atoms with Crippen LogP contribution in [0.15, 0.2) is 16.6 Å². The molecular formula is C15H21BrCl2N2. The van der Waals surface area contributed by atoms with Gasteiger partial charge in [0.1, 0.15) is 0 Å². The summed E-state index contributed by atoms with van der Waals surface area (Å²) in [5, 5.41) is 4.93. The van der Waals surface area contributed by atoms with E-state index in [1.54, 1.807) is 0 Å². The predicted molar refractivity (Wildman–Crippen MR) is 92.3 cm³/mol. The summed E-state index contributed by atoms with van der Waals surface area (Å²) >= 11 is 16.1. The van der Waals surface area contributed by atoms with Gasteiger partial charge in [0, 0.05) is 29.1 Å². The smallest absolute Gasteiger partial charge is 0.0837 e. The van der Waals surface area contributed by atoms with Crippen LogP contribution in [0.1, 0.15) is 33.6 Å². The van der Waals surface area contributed by atoms with Crippen molar-refractivity contribution < 1.29 is 0 Å². The van der Waals surface area contributed by atoms with E-state index < -0.39 is 0 Å². The lowest BCUT2D eigenvalue weighted by Gasteiger charge is -2.48. The molecule has 1 unspecified atom stereocenters. The fourth-order valence-electron chi connectivity index (χ4n) is 2.80. The number of anilines is 1. The topological polar surface area (TPSA) is 15.3 Å². The minimum absolute atomic E-state index is 0.162. The Morgan fingerprint density at radius 2 is 1.95 bits per heavy atom. The first-order chi connectivity index (χ1) is 9.44. The summed E-state index contributed by atoms with van der Waals surface area (Å²) in [5.41, 5.74) is 1.19. The number of rotatable bonds is 3. The molecule has 1 heterocycles. The highest BCUT2D eigenvalue weighted by molar-refractivity contribution is 9.10. The fourth-order valence-corrected chi connectivity index (χ4v) is 3.67. The van der Waals surface area contributed by atoms with E-state index in [1.807, 2.05) is 6.07 Å². The Morgan fingerprint density at radius 3 is 2.55 bits per heavy atom. The average molecular weight is 380 g/mol. The lowest BCUT2D eigenvalue weighted by molar-refractivity contribution is 0.254. The highest BCUT2D eigenvalue weighted by Gasteiger charge is 2.36. The zero-order valence-electron chi connectivity index (χ0n) is 12.1. The Hall–Kier alpha value is 0.0400. The summed E-state index contributed by atoms with van der Waals surface area (Å²) in [6, 6.07) is 4.42. The van der Waals surface area contributed by atoms with Gasteiger partial charge >= 0.3 is 0 Å². The quantitative estimate of drug-likeness (QED) is 0.733. The third kappa shape index (κ3) is 2.96. The molecule has 1 N–H and O–H groups in total. The molecule has 1 saturated heterocycles. The van der Waals surface area contributed by atoms with Gasteiger partial charge in [0.25, 0.3) is 0 Å². The Labute approximate surface area is 139 Å². The Balaban J connectivity index is 2.37. The van der Waals surface area contributed by atoms with E-state index in [-0.39, 0.29) is 5.54 Å². The standard InChI is InChI=1S/C15H21BrCl2N2/c1-4-15(5-2)9-20(10(3)8-19-15)12-7-6-11(16)13(17)14(12)18/h6-7,10,19H,4-5,8-9H2,1-3H3. The van der Waals surface area contributed by atoms with Crippen molar-refractivity contribution in [1.29, 1.82) is 0 Å². The van der Waals surface area contributed by atoms with Gasteiger partial charge in [0.2, 0.25) is 0 Å². The van der Waals surface area contributed by atoms with Crippen molar-refractivity contribution in [1.82, 2.24) is 5.32 Å². The number of halogens is 3. The van der Waals surface area contributed by atoms with Crippen LogP contribution in [0.4, 0.5) is 5.69 Å². The number of benzene rings is 1. The summed E-state index contributed by atoms with van der Waals surface area (Å²) in [5.74, 6) is 0. The van der Waals surface area contributed by atoms with Crippen molar-refractivity contribution in [3.63, 3.8) is 0 Å². The van der Waals surface area contributed by atoms with Gasteiger partial charge in [-0.2, -0.15) is 0 Å². The maximum absolute atomic E-state index is 6.45. The number of hydrogen-bond donors (Lipinski definition) is 1. The van der Waals surface area contributed by atoms with Gasteiger partial charge in [-0.3, -0.25) is 0 Å². The molecule has 0 radical (unpaired) electrons.